The lowest BCUT2D eigenvalue weighted by atomic mass is 10.1. The zero-order chi connectivity index (χ0) is 24.2. The Labute approximate surface area is 225 Å². The SMILES string of the molecule is CC(C)=CCC/C(C)=C/CC/C(C)=C/C[P+](c1ccccc1)(c1ccccc1)c1ccccc1.[Br-]. The smallest absolute Gasteiger partial charge is 0.115 e. The fourth-order valence-corrected chi connectivity index (χ4v) is 8.60. The first-order valence-corrected chi connectivity index (χ1v) is 14.5. The highest BCUT2D eigenvalue weighted by atomic mass is 79.9. The van der Waals surface area contributed by atoms with Crippen LogP contribution in [0.4, 0.5) is 0 Å². The Morgan fingerprint density at radius 3 is 1.31 bits per heavy atom. The molecule has 35 heavy (non-hydrogen) atoms. The van der Waals surface area contributed by atoms with Crippen LogP contribution in [0.5, 0.6) is 0 Å². The molecule has 0 amide bonds. The Bertz CT molecular complexity index is 995. The van der Waals surface area contributed by atoms with Gasteiger partial charge in [0.05, 0.1) is 6.16 Å². The molecule has 3 rings (SSSR count). The van der Waals surface area contributed by atoms with Crippen molar-refractivity contribution in [1.29, 1.82) is 0 Å². The van der Waals surface area contributed by atoms with Gasteiger partial charge >= 0.3 is 0 Å². The Hall–Kier alpha value is -2.21. The molecule has 0 bridgehead atoms. The lowest BCUT2D eigenvalue weighted by molar-refractivity contribution is -0.00000709. The largest absolute Gasteiger partial charge is 1.00 e. The minimum absolute atomic E-state index is 0. The zero-order valence-corrected chi connectivity index (χ0v) is 24.2. The zero-order valence-electron chi connectivity index (χ0n) is 21.8. The third kappa shape index (κ3) is 8.45. The normalized spacial score (nSPS) is 12.1. The lowest BCUT2D eigenvalue weighted by Crippen LogP contribution is -3.00. The van der Waals surface area contributed by atoms with E-state index in [2.05, 4.69) is 137 Å². The van der Waals surface area contributed by atoms with E-state index in [9.17, 15) is 0 Å². The molecule has 0 aliphatic heterocycles. The van der Waals surface area contributed by atoms with E-state index in [1.807, 2.05) is 0 Å². The van der Waals surface area contributed by atoms with Crippen LogP contribution in [0.3, 0.4) is 0 Å². The minimum atomic E-state index is -1.78. The van der Waals surface area contributed by atoms with E-state index in [0.717, 1.165) is 25.4 Å². The summed E-state index contributed by atoms with van der Waals surface area (Å²) in [7, 11) is -1.78. The monoisotopic (exact) mass is 546 g/mol. The van der Waals surface area contributed by atoms with Crippen LogP contribution < -0.4 is 32.9 Å². The molecule has 184 valence electrons. The average Bonchev–Trinajstić information content (AvgIpc) is 2.86. The molecular weight excluding hydrogens is 507 g/mol. The number of rotatable bonds is 11. The van der Waals surface area contributed by atoms with Crippen LogP contribution in [0.25, 0.3) is 0 Å². The molecule has 0 radical (unpaired) electrons. The predicted molar refractivity (Wildman–Crippen MR) is 155 cm³/mol. The molecule has 0 saturated heterocycles. The van der Waals surface area contributed by atoms with E-state index in [1.54, 1.807) is 0 Å². The van der Waals surface area contributed by atoms with E-state index >= 15 is 0 Å². The van der Waals surface area contributed by atoms with E-state index in [4.69, 9.17) is 0 Å². The standard InChI is InChI=1S/C33H40P.BrH/c1-28(2)16-14-17-29(3)18-15-19-30(4)26-27-34(31-20-8-5-9-21-31,32-22-10-6-11-23-32)33-24-12-7-13-25-33;/h5-13,16,18,20-26H,14-15,17,19,27H2,1-4H3;1H/q+1;/p-1/b29-18+,30-26+;. The second-order valence-electron chi connectivity index (χ2n) is 9.46. The van der Waals surface area contributed by atoms with Gasteiger partial charge < -0.3 is 17.0 Å². The van der Waals surface area contributed by atoms with Crippen molar-refractivity contribution in [2.24, 2.45) is 0 Å². The maximum atomic E-state index is 2.52. The van der Waals surface area contributed by atoms with Gasteiger partial charge in [0, 0.05) is 0 Å². The van der Waals surface area contributed by atoms with Crippen molar-refractivity contribution < 1.29 is 17.0 Å². The lowest BCUT2D eigenvalue weighted by Gasteiger charge is -2.27. The maximum absolute atomic E-state index is 2.52. The molecule has 0 unspecified atom stereocenters. The van der Waals surface area contributed by atoms with E-state index in [-0.39, 0.29) is 17.0 Å². The van der Waals surface area contributed by atoms with Crippen molar-refractivity contribution >= 4 is 23.2 Å². The Kier molecular flexibility index (Phi) is 12.5. The van der Waals surface area contributed by atoms with Crippen LogP contribution in [-0.4, -0.2) is 6.16 Å². The van der Waals surface area contributed by atoms with E-state index < -0.39 is 7.26 Å². The summed E-state index contributed by atoms with van der Waals surface area (Å²) < 4.78 is 0. The van der Waals surface area contributed by atoms with Gasteiger partial charge in [0.1, 0.15) is 23.2 Å². The van der Waals surface area contributed by atoms with Gasteiger partial charge in [-0.1, -0.05) is 83.5 Å². The van der Waals surface area contributed by atoms with Gasteiger partial charge in [-0.2, -0.15) is 0 Å². The highest BCUT2D eigenvalue weighted by Crippen LogP contribution is 2.55. The van der Waals surface area contributed by atoms with Crippen LogP contribution in [0.15, 0.2) is 126 Å². The second kappa shape index (κ2) is 15.0. The molecular formula is C33H40BrP. The van der Waals surface area contributed by atoms with Crippen molar-refractivity contribution in [2.45, 2.75) is 53.4 Å². The third-order valence-electron chi connectivity index (χ3n) is 6.43. The fourth-order valence-electron chi connectivity index (χ4n) is 4.44. The predicted octanol–water partition coefficient (Wildman–Crippen LogP) is 5.40. The quantitative estimate of drug-likeness (QED) is 0.223. The number of hydrogen-bond acceptors (Lipinski definition) is 0. The summed E-state index contributed by atoms with van der Waals surface area (Å²) in [6.07, 6.45) is 12.9. The highest BCUT2D eigenvalue weighted by molar-refractivity contribution is 7.95. The first kappa shape index (κ1) is 29.0. The molecule has 0 N–H and O–H groups in total. The summed E-state index contributed by atoms with van der Waals surface area (Å²) in [4.78, 5) is 0. The maximum Gasteiger partial charge on any atom is 0.115 e. The molecule has 2 heteroatoms. The molecule has 3 aromatic carbocycles. The van der Waals surface area contributed by atoms with Gasteiger partial charge in [-0.25, -0.2) is 0 Å². The van der Waals surface area contributed by atoms with Gasteiger partial charge in [0.2, 0.25) is 0 Å². The van der Waals surface area contributed by atoms with Crippen LogP contribution in [0.2, 0.25) is 0 Å². The van der Waals surface area contributed by atoms with Gasteiger partial charge in [-0.15, -0.1) is 0 Å². The Morgan fingerprint density at radius 1 is 0.543 bits per heavy atom. The van der Waals surface area contributed by atoms with Crippen LogP contribution in [0.1, 0.15) is 53.4 Å². The average molecular weight is 548 g/mol. The first-order chi connectivity index (χ1) is 16.5. The van der Waals surface area contributed by atoms with Crippen LogP contribution in [0, 0.1) is 0 Å². The van der Waals surface area contributed by atoms with E-state index in [1.165, 1.54) is 39.1 Å². The minimum Gasteiger partial charge on any atom is -1.00 e. The molecule has 0 nitrogen and oxygen atoms in total. The first-order valence-electron chi connectivity index (χ1n) is 12.5. The summed E-state index contributed by atoms with van der Waals surface area (Å²) in [6.45, 7) is 8.93. The molecule has 0 aromatic heterocycles. The molecule has 0 fully saturated rings. The summed E-state index contributed by atoms with van der Waals surface area (Å²) >= 11 is 0. The molecule has 0 saturated carbocycles. The van der Waals surface area contributed by atoms with Crippen LogP contribution >= 0.6 is 7.26 Å². The van der Waals surface area contributed by atoms with Crippen molar-refractivity contribution in [3.8, 4) is 0 Å². The van der Waals surface area contributed by atoms with Crippen molar-refractivity contribution in [2.75, 3.05) is 6.16 Å². The number of halogens is 1. The third-order valence-corrected chi connectivity index (χ3v) is 10.7. The summed E-state index contributed by atoms with van der Waals surface area (Å²) in [5.41, 5.74) is 4.40. The van der Waals surface area contributed by atoms with Gasteiger partial charge in [0.15, 0.2) is 0 Å². The fraction of sp³-hybridized carbons (Fsp3) is 0.273. The Morgan fingerprint density at radius 2 is 0.914 bits per heavy atom. The van der Waals surface area contributed by atoms with Crippen molar-refractivity contribution in [3.05, 3.63) is 126 Å². The van der Waals surface area contributed by atoms with Crippen molar-refractivity contribution in [3.63, 3.8) is 0 Å². The van der Waals surface area contributed by atoms with E-state index in [0.29, 0.717) is 0 Å². The molecule has 0 spiro atoms. The number of hydrogen-bond donors (Lipinski definition) is 0. The van der Waals surface area contributed by atoms with Gasteiger partial charge in [0.25, 0.3) is 0 Å². The summed E-state index contributed by atoms with van der Waals surface area (Å²) in [5, 5.41) is 4.35. The second-order valence-corrected chi connectivity index (χ2v) is 13.0. The molecule has 0 aliphatic rings. The Balaban J connectivity index is 0.00000432. The summed E-state index contributed by atoms with van der Waals surface area (Å²) in [6, 6.07) is 33.5. The van der Waals surface area contributed by atoms with Gasteiger partial charge in [-0.05, 0) is 95.9 Å². The molecule has 0 heterocycles. The highest BCUT2D eigenvalue weighted by Gasteiger charge is 2.44. The number of benzene rings is 3. The molecule has 3 aromatic rings. The van der Waals surface area contributed by atoms with Crippen molar-refractivity contribution in [1.82, 2.24) is 0 Å². The van der Waals surface area contributed by atoms with Gasteiger partial charge in [-0.3, -0.25) is 0 Å². The van der Waals surface area contributed by atoms with Crippen LogP contribution in [-0.2, 0) is 0 Å². The topological polar surface area (TPSA) is 0 Å². The molecule has 0 atom stereocenters. The molecule has 0 aliphatic carbocycles. The summed E-state index contributed by atoms with van der Waals surface area (Å²) in [5.74, 6) is 0. The number of allylic oxidation sites excluding steroid dienone is 6.